The molecule has 3 fully saturated rings. The van der Waals surface area contributed by atoms with Crippen LogP contribution in [-0.2, 0) is 9.53 Å². The van der Waals surface area contributed by atoms with Crippen molar-refractivity contribution in [3.8, 4) is 0 Å². The maximum absolute atomic E-state index is 13.0. The van der Waals surface area contributed by atoms with Gasteiger partial charge in [-0.05, 0) is 42.9 Å². The molecule has 1 saturated carbocycles. The van der Waals surface area contributed by atoms with E-state index in [1.807, 2.05) is 29.2 Å². The minimum absolute atomic E-state index is 0. The van der Waals surface area contributed by atoms with E-state index in [0.29, 0.717) is 31.7 Å². The van der Waals surface area contributed by atoms with Crippen LogP contribution in [0.2, 0.25) is 5.02 Å². The van der Waals surface area contributed by atoms with Gasteiger partial charge in [-0.3, -0.25) is 4.79 Å². The van der Waals surface area contributed by atoms with Crippen molar-refractivity contribution in [3.05, 3.63) is 34.9 Å². The molecule has 0 bridgehead atoms. The van der Waals surface area contributed by atoms with Crippen molar-refractivity contribution in [1.82, 2.24) is 10.2 Å². The maximum atomic E-state index is 13.0. The molecule has 25 heavy (non-hydrogen) atoms. The summed E-state index contributed by atoms with van der Waals surface area (Å²) < 4.78 is 5.88. The summed E-state index contributed by atoms with van der Waals surface area (Å²) in [6, 6.07) is 8.30. The van der Waals surface area contributed by atoms with Gasteiger partial charge in [0.05, 0.1) is 19.2 Å². The van der Waals surface area contributed by atoms with E-state index < -0.39 is 0 Å². The second-order valence-electron chi connectivity index (χ2n) is 7.30. The van der Waals surface area contributed by atoms with Crippen LogP contribution in [0.5, 0.6) is 0 Å². The summed E-state index contributed by atoms with van der Waals surface area (Å²) >= 11 is 5.96. The molecule has 1 N–H and O–H groups in total. The standard InChI is InChI=1S/C19H25ClN2O2.ClH/c20-15-7-5-13(6-8-15)18-12-22(9-10-24-18)19(23)17-11-14-3-1-2-4-16(14)21-17;/h5-8,14,16-18,21H,1-4,9-12H2;1H. The zero-order valence-electron chi connectivity index (χ0n) is 14.3. The monoisotopic (exact) mass is 384 g/mol. The summed E-state index contributed by atoms with van der Waals surface area (Å²) in [5.41, 5.74) is 1.09. The van der Waals surface area contributed by atoms with Crippen molar-refractivity contribution < 1.29 is 9.53 Å². The van der Waals surface area contributed by atoms with Gasteiger partial charge in [-0.1, -0.05) is 36.6 Å². The van der Waals surface area contributed by atoms with Crippen molar-refractivity contribution in [2.45, 2.75) is 50.3 Å². The van der Waals surface area contributed by atoms with Crippen LogP contribution in [0.1, 0.15) is 43.8 Å². The van der Waals surface area contributed by atoms with Gasteiger partial charge < -0.3 is 15.0 Å². The molecule has 4 unspecified atom stereocenters. The number of hydrogen-bond donors (Lipinski definition) is 1. The zero-order valence-corrected chi connectivity index (χ0v) is 15.9. The average molecular weight is 385 g/mol. The Morgan fingerprint density at radius 1 is 1.20 bits per heavy atom. The first-order chi connectivity index (χ1) is 11.7. The molecule has 1 amide bonds. The summed E-state index contributed by atoms with van der Waals surface area (Å²) in [6.45, 7) is 1.92. The van der Waals surface area contributed by atoms with Gasteiger partial charge in [-0.15, -0.1) is 12.4 Å². The Morgan fingerprint density at radius 3 is 2.72 bits per heavy atom. The first-order valence-electron chi connectivity index (χ1n) is 9.12. The lowest BCUT2D eigenvalue weighted by atomic mass is 9.85. The van der Waals surface area contributed by atoms with Gasteiger partial charge in [0.15, 0.2) is 0 Å². The molecule has 4 atom stereocenters. The van der Waals surface area contributed by atoms with Crippen LogP contribution >= 0.6 is 24.0 Å². The quantitative estimate of drug-likeness (QED) is 0.846. The third-order valence-corrected chi connectivity index (χ3v) is 6.03. The van der Waals surface area contributed by atoms with Gasteiger partial charge in [-0.25, -0.2) is 0 Å². The molecule has 6 heteroatoms. The molecular formula is C19H26Cl2N2O2. The molecule has 2 heterocycles. The second-order valence-corrected chi connectivity index (χ2v) is 7.74. The number of fused-ring (bicyclic) bond motifs is 1. The van der Waals surface area contributed by atoms with E-state index in [9.17, 15) is 4.79 Å². The summed E-state index contributed by atoms with van der Waals surface area (Å²) in [5.74, 6) is 0.951. The third kappa shape index (κ3) is 4.13. The average Bonchev–Trinajstić information content (AvgIpc) is 3.06. The van der Waals surface area contributed by atoms with Gasteiger partial charge >= 0.3 is 0 Å². The number of nitrogens with one attached hydrogen (secondary N) is 1. The number of rotatable bonds is 2. The third-order valence-electron chi connectivity index (χ3n) is 5.78. The fourth-order valence-electron chi connectivity index (χ4n) is 4.46. The fourth-order valence-corrected chi connectivity index (χ4v) is 4.59. The summed E-state index contributed by atoms with van der Waals surface area (Å²) in [6.07, 6.45) is 6.07. The molecule has 0 aromatic heterocycles. The van der Waals surface area contributed by atoms with Gasteiger partial charge in [-0.2, -0.15) is 0 Å². The molecular weight excluding hydrogens is 359 g/mol. The number of hydrogen-bond acceptors (Lipinski definition) is 3. The summed E-state index contributed by atoms with van der Waals surface area (Å²) in [4.78, 5) is 14.9. The van der Waals surface area contributed by atoms with Gasteiger partial charge in [0.2, 0.25) is 5.91 Å². The van der Waals surface area contributed by atoms with E-state index in [1.165, 1.54) is 25.7 Å². The number of benzene rings is 1. The molecule has 1 aromatic carbocycles. The largest absolute Gasteiger partial charge is 0.370 e. The molecule has 4 rings (SSSR count). The minimum Gasteiger partial charge on any atom is -0.370 e. The van der Waals surface area contributed by atoms with Crippen LogP contribution in [0.4, 0.5) is 0 Å². The maximum Gasteiger partial charge on any atom is 0.239 e. The first kappa shape index (κ1) is 19.0. The molecule has 0 spiro atoms. The lowest BCUT2D eigenvalue weighted by Crippen LogP contribution is -2.50. The highest BCUT2D eigenvalue weighted by molar-refractivity contribution is 6.30. The Balaban J connectivity index is 0.00000182. The Morgan fingerprint density at radius 2 is 1.96 bits per heavy atom. The SMILES string of the molecule is Cl.O=C(C1CC2CCCCC2N1)N1CCOC(c2ccc(Cl)cc2)C1. The van der Waals surface area contributed by atoms with Gasteiger partial charge in [0.25, 0.3) is 0 Å². The Hall–Kier alpha value is -0.810. The van der Waals surface area contributed by atoms with Crippen LogP contribution in [0, 0.1) is 5.92 Å². The molecule has 1 aliphatic carbocycles. The summed E-state index contributed by atoms with van der Waals surface area (Å²) in [5, 5.41) is 4.33. The van der Waals surface area contributed by atoms with E-state index in [1.54, 1.807) is 0 Å². The smallest absolute Gasteiger partial charge is 0.239 e. The number of halogens is 2. The van der Waals surface area contributed by atoms with Crippen molar-refractivity contribution in [1.29, 1.82) is 0 Å². The predicted octanol–water partition coefficient (Wildman–Crippen LogP) is 3.58. The highest BCUT2D eigenvalue weighted by Gasteiger charge is 2.40. The van der Waals surface area contributed by atoms with Crippen LogP contribution in [0.15, 0.2) is 24.3 Å². The van der Waals surface area contributed by atoms with E-state index in [2.05, 4.69) is 5.32 Å². The first-order valence-corrected chi connectivity index (χ1v) is 9.50. The number of ether oxygens (including phenoxy) is 1. The van der Waals surface area contributed by atoms with Crippen LogP contribution < -0.4 is 5.32 Å². The highest BCUT2D eigenvalue weighted by Crippen LogP contribution is 2.34. The van der Waals surface area contributed by atoms with Crippen molar-refractivity contribution in [2.24, 2.45) is 5.92 Å². The van der Waals surface area contributed by atoms with Crippen molar-refractivity contribution >= 4 is 29.9 Å². The van der Waals surface area contributed by atoms with Crippen LogP contribution in [-0.4, -0.2) is 42.6 Å². The number of carbonyl (C=O) groups excluding carboxylic acids is 1. The van der Waals surface area contributed by atoms with Gasteiger partial charge in [0.1, 0.15) is 6.10 Å². The van der Waals surface area contributed by atoms with E-state index in [0.717, 1.165) is 17.0 Å². The topological polar surface area (TPSA) is 41.6 Å². The van der Waals surface area contributed by atoms with Crippen LogP contribution in [0.25, 0.3) is 0 Å². The highest BCUT2D eigenvalue weighted by atomic mass is 35.5. The van der Waals surface area contributed by atoms with E-state index in [-0.39, 0.29) is 30.5 Å². The molecule has 1 aromatic rings. The lowest BCUT2D eigenvalue weighted by Gasteiger charge is -2.34. The second kappa shape index (κ2) is 8.26. The molecule has 2 saturated heterocycles. The molecule has 138 valence electrons. The van der Waals surface area contributed by atoms with Crippen molar-refractivity contribution in [2.75, 3.05) is 19.7 Å². The minimum atomic E-state index is -0.0522. The molecule has 2 aliphatic heterocycles. The number of carbonyl (C=O) groups is 1. The van der Waals surface area contributed by atoms with E-state index in [4.69, 9.17) is 16.3 Å². The normalized spacial score (nSPS) is 32.0. The number of morpholine rings is 1. The Kier molecular flexibility index (Phi) is 6.26. The van der Waals surface area contributed by atoms with E-state index >= 15 is 0 Å². The Labute approximate surface area is 160 Å². The summed E-state index contributed by atoms with van der Waals surface area (Å²) in [7, 11) is 0. The van der Waals surface area contributed by atoms with Gasteiger partial charge in [0, 0.05) is 17.6 Å². The number of amides is 1. The number of nitrogens with zero attached hydrogens (tertiary/aromatic N) is 1. The fraction of sp³-hybridized carbons (Fsp3) is 0.632. The molecule has 4 nitrogen and oxygen atoms in total. The predicted molar refractivity (Wildman–Crippen MR) is 101 cm³/mol. The molecule has 0 radical (unpaired) electrons. The Bertz CT molecular complexity index is 582. The molecule has 3 aliphatic rings. The lowest BCUT2D eigenvalue weighted by molar-refractivity contribution is -0.141. The zero-order chi connectivity index (χ0) is 16.5. The van der Waals surface area contributed by atoms with Crippen molar-refractivity contribution in [3.63, 3.8) is 0 Å². The van der Waals surface area contributed by atoms with Crippen LogP contribution in [0.3, 0.4) is 0 Å².